The molecular formula is C28H36N6O5. The van der Waals surface area contributed by atoms with Crippen LogP contribution in [0.5, 0.6) is 0 Å². The first-order chi connectivity index (χ1) is 18.9. The van der Waals surface area contributed by atoms with Crippen molar-refractivity contribution >= 4 is 45.5 Å². The van der Waals surface area contributed by atoms with Gasteiger partial charge in [-0.1, -0.05) is 24.6 Å². The molecule has 3 aromatic rings. The molecule has 1 atom stereocenters. The second-order valence-corrected chi connectivity index (χ2v) is 9.49. The summed E-state index contributed by atoms with van der Waals surface area (Å²) in [7, 11) is 0. The average molecular weight is 537 g/mol. The van der Waals surface area contributed by atoms with E-state index in [-0.39, 0.29) is 23.8 Å². The number of benzene rings is 1. The summed E-state index contributed by atoms with van der Waals surface area (Å²) in [5.41, 5.74) is 8.61. The van der Waals surface area contributed by atoms with Crippen LogP contribution in [-0.4, -0.2) is 69.6 Å². The highest BCUT2D eigenvalue weighted by atomic mass is 16.5. The number of nitrogens with one attached hydrogen (secondary N) is 1. The lowest BCUT2D eigenvalue weighted by atomic mass is 10.2. The predicted octanol–water partition coefficient (Wildman–Crippen LogP) is 2.71. The lowest BCUT2D eigenvalue weighted by molar-refractivity contribution is -0.137. The summed E-state index contributed by atoms with van der Waals surface area (Å²) in [6, 6.07) is 7.84. The molecule has 11 heteroatoms. The average Bonchev–Trinajstić information content (AvgIpc) is 3.44. The SMILES string of the molecule is CCOCc1nc2c(N)nc3ccccc3c2n1CC(C)OCCNC(=O)CCCCCN1C(=O)C=CC1=O. The highest BCUT2D eigenvalue weighted by molar-refractivity contribution is 6.12. The summed E-state index contributed by atoms with van der Waals surface area (Å²) in [6.45, 7) is 6.54. The molecular weight excluding hydrogens is 500 g/mol. The Hall–Kier alpha value is -3.83. The van der Waals surface area contributed by atoms with Crippen molar-refractivity contribution in [2.45, 2.75) is 58.8 Å². The zero-order valence-corrected chi connectivity index (χ0v) is 22.5. The minimum Gasteiger partial charge on any atom is -0.382 e. The van der Waals surface area contributed by atoms with Crippen molar-refractivity contribution in [3.63, 3.8) is 0 Å². The van der Waals surface area contributed by atoms with Crippen molar-refractivity contribution in [2.24, 2.45) is 0 Å². The molecule has 1 unspecified atom stereocenters. The lowest BCUT2D eigenvalue weighted by Crippen LogP contribution is -2.31. The number of imide groups is 1. The van der Waals surface area contributed by atoms with Crippen LogP contribution in [0, 0.1) is 0 Å². The Balaban J connectivity index is 1.24. The van der Waals surface area contributed by atoms with Crippen LogP contribution in [0.3, 0.4) is 0 Å². The standard InChI is InChI=1S/C28H36N6O5/c1-3-38-18-22-32-26-27(20-9-6-7-10-21(20)31-28(26)29)34(22)17-19(2)39-16-14-30-23(35)11-5-4-8-15-33-24(36)12-13-25(33)37/h6-7,9-10,12-13,19H,3-5,8,11,14-18H2,1-2H3,(H2,29,31)(H,30,35). The maximum absolute atomic E-state index is 12.2. The number of ether oxygens (including phenoxy) is 2. The molecule has 0 saturated carbocycles. The molecule has 3 N–H and O–H groups in total. The number of unbranched alkanes of at least 4 members (excludes halogenated alkanes) is 2. The van der Waals surface area contributed by atoms with Crippen LogP contribution < -0.4 is 11.1 Å². The van der Waals surface area contributed by atoms with E-state index in [4.69, 9.17) is 20.2 Å². The Morgan fingerprint density at radius 3 is 2.64 bits per heavy atom. The molecule has 0 radical (unpaired) electrons. The maximum atomic E-state index is 12.2. The number of aromatic nitrogens is 3. The molecule has 11 nitrogen and oxygen atoms in total. The molecule has 1 aliphatic heterocycles. The van der Waals surface area contributed by atoms with Gasteiger partial charge in [-0.2, -0.15) is 0 Å². The van der Waals surface area contributed by atoms with Crippen LogP contribution in [0.25, 0.3) is 21.9 Å². The smallest absolute Gasteiger partial charge is 0.253 e. The quantitative estimate of drug-likeness (QED) is 0.223. The van der Waals surface area contributed by atoms with E-state index >= 15 is 0 Å². The number of anilines is 1. The van der Waals surface area contributed by atoms with Gasteiger partial charge < -0.3 is 25.1 Å². The van der Waals surface area contributed by atoms with Crippen LogP contribution in [0.2, 0.25) is 0 Å². The minimum atomic E-state index is -0.270. The van der Waals surface area contributed by atoms with E-state index in [0.29, 0.717) is 70.1 Å². The fraction of sp³-hybridized carbons (Fsp3) is 0.464. The Labute approximate surface area is 227 Å². The number of carbonyl (C=O) groups is 3. The molecule has 4 rings (SSSR count). The molecule has 1 aromatic carbocycles. The number of amides is 3. The van der Waals surface area contributed by atoms with E-state index in [1.807, 2.05) is 38.1 Å². The number of nitrogen functional groups attached to an aromatic ring is 1. The number of hydrogen-bond donors (Lipinski definition) is 2. The normalized spacial score (nSPS) is 14.2. The second-order valence-electron chi connectivity index (χ2n) is 9.49. The molecule has 0 spiro atoms. The van der Waals surface area contributed by atoms with Crippen LogP contribution in [-0.2, 0) is 37.0 Å². The van der Waals surface area contributed by atoms with Crippen LogP contribution in [0.15, 0.2) is 36.4 Å². The monoisotopic (exact) mass is 536 g/mol. The van der Waals surface area contributed by atoms with Crippen molar-refractivity contribution in [1.82, 2.24) is 24.8 Å². The zero-order valence-electron chi connectivity index (χ0n) is 22.5. The number of rotatable bonds is 15. The Bertz CT molecular complexity index is 1350. The summed E-state index contributed by atoms with van der Waals surface area (Å²) in [4.78, 5) is 45.7. The van der Waals surface area contributed by atoms with E-state index in [1.165, 1.54) is 17.1 Å². The molecule has 0 bridgehead atoms. The van der Waals surface area contributed by atoms with Crippen molar-refractivity contribution < 1.29 is 23.9 Å². The summed E-state index contributed by atoms with van der Waals surface area (Å²) in [5, 5.41) is 3.85. The number of pyridine rings is 1. The highest BCUT2D eigenvalue weighted by Gasteiger charge is 2.22. The summed E-state index contributed by atoms with van der Waals surface area (Å²) in [6.07, 6.45) is 4.93. The van der Waals surface area contributed by atoms with Gasteiger partial charge in [0.15, 0.2) is 5.82 Å². The van der Waals surface area contributed by atoms with E-state index in [0.717, 1.165) is 28.7 Å². The molecule has 2 aromatic heterocycles. The minimum absolute atomic E-state index is 0.0460. The predicted molar refractivity (Wildman–Crippen MR) is 148 cm³/mol. The number of nitrogens with two attached hydrogens (primary N) is 1. The fourth-order valence-electron chi connectivity index (χ4n) is 4.64. The molecule has 1 aliphatic rings. The van der Waals surface area contributed by atoms with Crippen molar-refractivity contribution in [1.29, 1.82) is 0 Å². The fourth-order valence-corrected chi connectivity index (χ4v) is 4.64. The number of nitrogens with zero attached hydrogens (tertiary/aromatic N) is 4. The Morgan fingerprint density at radius 2 is 1.87 bits per heavy atom. The number of fused-ring (bicyclic) bond motifs is 3. The summed E-state index contributed by atoms with van der Waals surface area (Å²) >= 11 is 0. The van der Waals surface area contributed by atoms with Gasteiger partial charge in [0.1, 0.15) is 17.9 Å². The summed E-state index contributed by atoms with van der Waals surface area (Å²) in [5.74, 6) is 0.554. The third-order valence-electron chi connectivity index (χ3n) is 6.58. The number of carbonyl (C=O) groups excluding carboxylic acids is 3. The van der Waals surface area contributed by atoms with Gasteiger partial charge in [0.2, 0.25) is 5.91 Å². The van der Waals surface area contributed by atoms with Gasteiger partial charge in [-0.3, -0.25) is 19.3 Å². The van der Waals surface area contributed by atoms with E-state index in [9.17, 15) is 14.4 Å². The lowest BCUT2D eigenvalue weighted by Gasteiger charge is -2.17. The molecule has 0 saturated heterocycles. The highest BCUT2D eigenvalue weighted by Crippen LogP contribution is 2.29. The molecule has 0 fully saturated rings. The summed E-state index contributed by atoms with van der Waals surface area (Å²) < 4.78 is 13.8. The van der Waals surface area contributed by atoms with Crippen molar-refractivity contribution in [2.75, 3.05) is 32.0 Å². The van der Waals surface area contributed by atoms with Crippen LogP contribution in [0.4, 0.5) is 5.82 Å². The van der Waals surface area contributed by atoms with Gasteiger partial charge >= 0.3 is 0 Å². The number of para-hydroxylation sites is 1. The van der Waals surface area contributed by atoms with Crippen molar-refractivity contribution in [3.8, 4) is 0 Å². The molecule has 0 aliphatic carbocycles. The van der Waals surface area contributed by atoms with Gasteiger partial charge in [0.05, 0.1) is 30.3 Å². The first kappa shape index (κ1) is 28.2. The van der Waals surface area contributed by atoms with Crippen molar-refractivity contribution in [3.05, 3.63) is 42.2 Å². The van der Waals surface area contributed by atoms with Crippen LogP contribution >= 0.6 is 0 Å². The first-order valence-corrected chi connectivity index (χ1v) is 13.4. The largest absolute Gasteiger partial charge is 0.382 e. The number of hydrogen-bond acceptors (Lipinski definition) is 8. The topological polar surface area (TPSA) is 142 Å². The van der Waals surface area contributed by atoms with Gasteiger partial charge in [-0.05, 0) is 32.8 Å². The second kappa shape index (κ2) is 13.3. The van der Waals surface area contributed by atoms with E-state index in [2.05, 4.69) is 14.9 Å². The Morgan fingerprint density at radius 1 is 1.10 bits per heavy atom. The molecule has 208 valence electrons. The number of imidazole rings is 1. The van der Waals surface area contributed by atoms with Gasteiger partial charge in [-0.25, -0.2) is 9.97 Å². The molecule has 39 heavy (non-hydrogen) atoms. The van der Waals surface area contributed by atoms with Crippen LogP contribution in [0.1, 0.15) is 45.4 Å². The third kappa shape index (κ3) is 6.98. The van der Waals surface area contributed by atoms with Gasteiger partial charge in [-0.15, -0.1) is 0 Å². The molecule has 3 heterocycles. The van der Waals surface area contributed by atoms with Gasteiger partial charge in [0, 0.05) is 43.7 Å². The molecule has 3 amide bonds. The first-order valence-electron chi connectivity index (χ1n) is 13.4. The third-order valence-corrected chi connectivity index (χ3v) is 6.58. The van der Waals surface area contributed by atoms with E-state index in [1.54, 1.807) is 0 Å². The van der Waals surface area contributed by atoms with Gasteiger partial charge in [0.25, 0.3) is 11.8 Å². The maximum Gasteiger partial charge on any atom is 0.253 e. The van der Waals surface area contributed by atoms with E-state index < -0.39 is 0 Å². The Kier molecular flexibility index (Phi) is 9.61. The zero-order chi connectivity index (χ0) is 27.8.